The molecule has 8 rings (SSSR count). The first kappa shape index (κ1) is 43.1. The molecule has 0 aromatic heterocycles. The molecule has 0 saturated carbocycles. The van der Waals surface area contributed by atoms with Crippen LogP contribution in [-0.2, 0) is 40.0 Å². The molecule has 322 valence electrons. The van der Waals surface area contributed by atoms with E-state index in [-0.39, 0.29) is 23.5 Å². The molecule has 0 bridgehead atoms. The molecule has 0 saturated heterocycles. The highest BCUT2D eigenvalue weighted by Crippen LogP contribution is 2.49. The van der Waals surface area contributed by atoms with E-state index in [0.717, 1.165) is 137 Å². The van der Waals surface area contributed by atoms with Crippen molar-refractivity contribution in [1.29, 1.82) is 0 Å². The summed E-state index contributed by atoms with van der Waals surface area (Å²) in [6.45, 7) is 5.41. The van der Waals surface area contributed by atoms with E-state index < -0.39 is 39.4 Å². The predicted octanol–water partition coefficient (Wildman–Crippen LogP) is 6.96. The molecule has 8 nitrogen and oxygen atoms in total. The molecule has 60 heavy (non-hydrogen) atoms. The summed E-state index contributed by atoms with van der Waals surface area (Å²) in [7, 11) is 0. The predicted molar refractivity (Wildman–Crippen MR) is 226 cm³/mol. The van der Waals surface area contributed by atoms with Crippen molar-refractivity contribution >= 4 is 46.4 Å². The number of thioether (sulfide) groups is 1. The average Bonchev–Trinajstić information content (AvgIpc) is 3.59. The number of halogens is 4. The van der Waals surface area contributed by atoms with Crippen molar-refractivity contribution in [3.05, 3.63) is 79.1 Å². The van der Waals surface area contributed by atoms with Gasteiger partial charge in [-0.25, -0.2) is 17.7 Å². The van der Waals surface area contributed by atoms with Crippen molar-refractivity contribution in [3.63, 3.8) is 0 Å². The highest BCUT2D eigenvalue weighted by molar-refractivity contribution is 8.00. The molecule has 5 aliphatic heterocycles. The van der Waals surface area contributed by atoms with Crippen LogP contribution in [0.5, 0.6) is 11.5 Å². The maximum absolute atomic E-state index is 17.5. The largest absolute Gasteiger partial charge is 0.545 e. The van der Waals surface area contributed by atoms with Crippen LogP contribution in [0, 0.1) is 17.5 Å². The molecule has 3 aromatic rings. The van der Waals surface area contributed by atoms with Crippen LogP contribution in [0.3, 0.4) is 0 Å². The van der Waals surface area contributed by atoms with E-state index in [2.05, 4.69) is 9.48 Å². The number of carboxylic acid groups (broad SMARTS) is 1. The molecule has 0 aliphatic carbocycles. The van der Waals surface area contributed by atoms with Crippen LogP contribution in [0.25, 0.3) is 5.57 Å². The number of Topliss-reactive ketones (excluding diaryl/α,β-unsaturated/α-hetero) is 1. The Morgan fingerprint density at radius 3 is 2.33 bits per heavy atom. The van der Waals surface area contributed by atoms with Gasteiger partial charge in [-0.05, 0) is 88.3 Å². The van der Waals surface area contributed by atoms with Crippen molar-refractivity contribution in [2.75, 3.05) is 69.1 Å². The molecular formula is C47H54ClF3N2O6S. The van der Waals surface area contributed by atoms with Gasteiger partial charge in [0.2, 0.25) is 5.36 Å². The third-order valence-corrected chi connectivity index (χ3v) is 14.0. The van der Waals surface area contributed by atoms with Crippen molar-refractivity contribution in [2.45, 2.75) is 108 Å². The highest BCUT2D eigenvalue weighted by Gasteiger charge is 2.38. The van der Waals surface area contributed by atoms with Crippen LogP contribution in [0.2, 0.25) is 0 Å². The molecule has 0 amide bonds. The van der Waals surface area contributed by atoms with Crippen LogP contribution in [0.4, 0.5) is 18.9 Å². The molecule has 13 heteroatoms. The normalized spacial score (nSPS) is 16.6. The fourth-order valence-electron chi connectivity index (χ4n) is 9.86. The van der Waals surface area contributed by atoms with Gasteiger partial charge in [0.05, 0.1) is 35.4 Å². The third-order valence-electron chi connectivity index (χ3n) is 12.6. The molecule has 0 radical (unpaired) electrons. The second-order valence-corrected chi connectivity index (χ2v) is 18.0. The minimum atomic E-state index is -2.02. The molecule has 5 heterocycles. The first-order chi connectivity index (χ1) is 29.3. The first-order valence-corrected chi connectivity index (χ1v) is 23.5. The average molecular weight is 867 g/mol. The van der Waals surface area contributed by atoms with Gasteiger partial charge in [0.25, 0.3) is 0 Å². The Labute approximate surface area is 359 Å². The van der Waals surface area contributed by atoms with Crippen LogP contribution in [-0.4, -0.2) is 76.0 Å². The van der Waals surface area contributed by atoms with E-state index in [1.165, 1.54) is 0 Å². The number of hydrogen-bond donors (Lipinski definition) is 0. The number of ketones is 1. The summed E-state index contributed by atoms with van der Waals surface area (Å²) in [5.74, 6) is -5.52. The summed E-state index contributed by atoms with van der Waals surface area (Å²) in [5.41, 5.74) is 4.10. The Bertz CT molecular complexity index is 2290. The number of alkyl halides is 1. The number of benzene rings is 3. The molecule has 0 atom stereocenters. The van der Waals surface area contributed by atoms with Gasteiger partial charge in [0.1, 0.15) is 36.2 Å². The van der Waals surface area contributed by atoms with Gasteiger partial charge in [-0.2, -0.15) is 0 Å². The minimum absolute atomic E-state index is 0.0927. The summed E-state index contributed by atoms with van der Waals surface area (Å²) in [6.07, 6.45) is 13.2. The Morgan fingerprint density at radius 2 is 1.52 bits per heavy atom. The van der Waals surface area contributed by atoms with E-state index in [1.54, 1.807) is 0 Å². The number of carbonyl (C=O) groups is 2. The van der Waals surface area contributed by atoms with Gasteiger partial charge in [0.15, 0.2) is 11.6 Å². The van der Waals surface area contributed by atoms with Crippen molar-refractivity contribution in [3.8, 4) is 11.5 Å². The van der Waals surface area contributed by atoms with Crippen LogP contribution in [0.1, 0.15) is 121 Å². The molecule has 5 aliphatic rings. The molecule has 3 aromatic carbocycles. The second kappa shape index (κ2) is 19.6. The molecular weight excluding hydrogens is 813 g/mol. The van der Waals surface area contributed by atoms with Gasteiger partial charge in [-0.1, -0.05) is 12.8 Å². The van der Waals surface area contributed by atoms with Crippen LogP contribution < -0.4 is 29.9 Å². The zero-order valence-corrected chi connectivity index (χ0v) is 35.9. The number of nitrogens with zero attached hydrogens (tertiary/aromatic N) is 2. The minimum Gasteiger partial charge on any atom is -0.545 e. The summed E-state index contributed by atoms with van der Waals surface area (Å²) < 4.78 is 70.5. The number of aryl methyl sites for hydroxylation is 2. The smallest absolute Gasteiger partial charge is 0.210 e. The summed E-state index contributed by atoms with van der Waals surface area (Å²) in [4.78, 5) is 27.7. The lowest BCUT2D eigenvalue weighted by Gasteiger charge is -2.36. The van der Waals surface area contributed by atoms with E-state index in [0.29, 0.717) is 85.6 Å². The van der Waals surface area contributed by atoms with Gasteiger partial charge in [0, 0.05) is 95.7 Å². The second-order valence-electron chi connectivity index (χ2n) is 16.6. The SMILES string of the molecule is O=C(CCCOCCOCCCCCCCl)CSc1c(F)c(F)c(C(=O)[O-])c(C2=c3cc4c5c(c3Oc3c2cc2c6c3CCCN6CCCC2)CCC[N+]=5CCCC4)c1F. The van der Waals surface area contributed by atoms with Crippen LogP contribution in [0.15, 0.2) is 17.0 Å². The summed E-state index contributed by atoms with van der Waals surface area (Å²) in [5, 5.41) is 14.6. The zero-order valence-electron chi connectivity index (χ0n) is 34.3. The number of fused-ring (bicyclic) bond motifs is 4. The lowest BCUT2D eigenvalue weighted by molar-refractivity contribution is -0.255. The molecule has 0 spiro atoms. The topological polar surface area (TPSA) is 91.1 Å². The standard InChI is InChI=1S/C47H54ClF3N2O6S/c48-17-5-1-2-8-22-57-24-25-58-23-11-14-31(54)28-60-46-40(50)37(38(47(55)56)39(49)41(46)51)36-34-26-29-12-3-6-18-52-20-9-15-32(42(29)52)44(34)59-45-33-16-10-21-53-19-7-4-13-30(43(33)53)27-35(36)45/h26-27H,1-25,28H2. The number of unbranched alkanes of at least 4 members (excludes halogenated alkanes) is 3. The van der Waals surface area contributed by atoms with Gasteiger partial charge in [-0.3, -0.25) is 4.79 Å². The molecule has 0 fully saturated rings. The van der Waals surface area contributed by atoms with E-state index in [4.69, 9.17) is 25.8 Å². The Hall–Kier alpha value is -3.58. The van der Waals surface area contributed by atoms with Crippen molar-refractivity contribution in [2.24, 2.45) is 0 Å². The number of ether oxygens (including phenoxy) is 3. The Kier molecular flexibility index (Phi) is 14.1. The third kappa shape index (κ3) is 8.72. The monoisotopic (exact) mass is 866 g/mol. The zero-order chi connectivity index (χ0) is 41.8. The van der Waals surface area contributed by atoms with Gasteiger partial charge < -0.3 is 29.0 Å². The maximum atomic E-state index is 17.5. The molecule has 0 N–H and O–H groups in total. The molecule has 0 unspecified atom stereocenters. The highest BCUT2D eigenvalue weighted by atomic mass is 35.5. The Morgan fingerprint density at radius 1 is 0.783 bits per heavy atom. The van der Waals surface area contributed by atoms with E-state index >= 15 is 13.2 Å². The van der Waals surface area contributed by atoms with Gasteiger partial charge >= 0.3 is 0 Å². The lowest BCUT2D eigenvalue weighted by atomic mass is 9.82. The number of aromatic carboxylic acids is 1. The summed E-state index contributed by atoms with van der Waals surface area (Å²) >= 11 is 6.26. The summed E-state index contributed by atoms with van der Waals surface area (Å²) in [6, 6.07) is 3.93. The van der Waals surface area contributed by atoms with Crippen molar-refractivity contribution in [1.82, 2.24) is 4.58 Å². The number of carboxylic acids is 1. The lowest BCUT2D eigenvalue weighted by Crippen LogP contribution is -2.41. The fourth-order valence-corrected chi connectivity index (χ4v) is 10.9. The van der Waals surface area contributed by atoms with Crippen molar-refractivity contribution < 1.29 is 42.1 Å². The number of anilines is 1. The first-order valence-electron chi connectivity index (χ1n) is 22.0. The van der Waals surface area contributed by atoms with E-state index in [9.17, 15) is 14.7 Å². The Balaban J connectivity index is 1.15. The van der Waals surface area contributed by atoms with Gasteiger partial charge in [-0.15, -0.1) is 23.4 Å². The number of rotatable bonds is 18. The quantitative estimate of drug-likeness (QED) is 0.0349. The fraction of sp³-hybridized carbons (Fsp3) is 0.553. The number of hydrogen-bond acceptors (Lipinski definition) is 8. The van der Waals surface area contributed by atoms with E-state index in [1.807, 2.05) is 12.1 Å². The van der Waals surface area contributed by atoms with Crippen LogP contribution >= 0.6 is 23.4 Å². The maximum Gasteiger partial charge on any atom is 0.210 e. The number of carbonyl (C=O) groups excluding carboxylic acids is 2.